The van der Waals surface area contributed by atoms with Gasteiger partial charge in [-0.2, -0.15) is 5.26 Å². The summed E-state index contributed by atoms with van der Waals surface area (Å²) < 4.78 is 5.39. The second-order valence-corrected chi connectivity index (χ2v) is 4.38. The van der Waals surface area contributed by atoms with Gasteiger partial charge in [0, 0.05) is 25.9 Å². The van der Waals surface area contributed by atoms with Gasteiger partial charge in [-0.05, 0) is 31.9 Å². The highest BCUT2D eigenvalue weighted by Gasteiger charge is 2.22. The molecule has 1 aliphatic heterocycles. The van der Waals surface area contributed by atoms with E-state index in [-0.39, 0.29) is 6.10 Å². The number of hydrogen-bond acceptors (Lipinski definition) is 4. The zero-order valence-corrected chi connectivity index (χ0v) is 10.3. The second-order valence-electron chi connectivity index (χ2n) is 4.38. The van der Waals surface area contributed by atoms with Gasteiger partial charge in [-0.3, -0.25) is 0 Å². The first-order chi connectivity index (χ1) is 8.24. The molecule has 0 amide bonds. The number of ether oxygens (including phenoxy) is 1. The average Bonchev–Trinajstić information content (AvgIpc) is 2.39. The number of nitrogens with zero attached hydrogens (tertiary/aromatic N) is 3. The summed E-state index contributed by atoms with van der Waals surface area (Å²) in [4.78, 5) is 6.64. The number of nitriles is 1. The minimum atomic E-state index is 0.248. The molecule has 0 aliphatic carbocycles. The lowest BCUT2D eigenvalue weighted by molar-refractivity contribution is 0.0891. The molecule has 1 atom stereocenters. The zero-order valence-electron chi connectivity index (χ0n) is 10.3. The lowest BCUT2D eigenvalue weighted by Crippen LogP contribution is -2.40. The molecule has 0 saturated carbocycles. The van der Waals surface area contributed by atoms with E-state index in [4.69, 9.17) is 10.00 Å². The van der Waals surface area contributed by atoms with Gasteiger partial charge >= 0.3 is 0 Å². The summed E-state index contributed by atoms with van der Waals surface area (Å²) in [5, 5.41) is 9.12. The number of methoxy groups -OCH3 is 1. The fourth-order valence-corrected chi connectivity index (χ4v) is 2.19. The van der Waals surface area contributed by atoms with Crippen LogP contribution in [0.5, 0.6) is 0 Å². The lowest BCUT2D eigenvalue weighted by Gasteiger charge is -2.33. The Bertz CT molecular complexity index is 439. The van der Waals surface area contributed by atoms with Crippen molar-refractivity contribution in [2.75, 3.05) is 25.1 Å². The van der Waals surface area contributed by atoms with Crippen LogP contribution in [0.1, 0.15) is 24.1 Å². The number of aryl methyl sites for hydroxylation is 1. The zero-order chi connectivity index (χ0) is 12.3. The molecule has 1 unspecified atom stereocenters. The summed E-state index contributed by atoms with van der Waals surface area (Å²) in [7, 11) is 1.74. The van der Waals surface area contributed by atoms with Crippen molar-refractivity contribution in [2.24, 2.45) is 0 Å². The molecule has 4 heteroatoms. The summed E-state index contributed by atoms with van der Waals surface area (Å²) in [5.74, 6) is 0.800. The predicted molar refractivity (Wildman–Crippen MR) is 65.9 cm³/mol. The SMILES string of the molecule is COC1CCCN(c2nc(C)ccc2C#N)C1. The first-order valence-electron chi connectivity index (χ1n) is 5.90. The third kappa shape index (κ3) is 2.56. The summed E-state index contributed by atoms with van der Waals surface area (Å²) in [6.07, 6.45) is 2.41. The van der Waals surface area contributed by atoms with Gasteiger partial charge in [-0.25, -0.2) is 4.98 Å². The third-order valence-electron chi connectivity index (χ3n) is 3.15. The van der Waals surface area contributed by atoms with Crippen molar-refractivity contribution in [3.05, 3.63) is 23.4 Å². The summed E-state index contributed by atoms with van der Waals surface area (Å²) in [5.41, 5.74) is 1.59. The van der Waals surface area contributed by atoms with Crippen molar-refractivity contribution in [1.29, 1.82) is 5.26 Å². The van der Waals surface area contributed by atoms with Gasteiger partial charge in [0.25, 0.3) is 0 Å². The molecule has 0 aromatic carbocycles. The van der Waals surface area contributed by atoms with E-state index >= 15 is 0 Å². The number of rotatable bonds is 2. The molecule has 1 aliphatic rings. The van der Waals surface area contributed by atoms with Crippen LogP contribution in [0.25, 0.3) is 0 Å². The summed E-state index contributed by atoms with van der Waals surface area (Å²) in [6, 6.07) is 5.92. The maximum absolute atomic E-state index is 9.12. The topological polar surface area (TPSA) is 49.1 Å². The molecule has 0 radical (unpaired) electrons. The average molecular weight is 231 g/mol. The van der Waals surface area contributed by atoms with Crippen LogP contribution < -0.4 is 4.90 Å². The van der Waals surface area contributed by atoms with E-state index in [1.165, 1.54) is 0 Å². The van der Waals surface area contributed by atoms with Crippen molar-refractivity contribution in [1.82, 2.24) is 4.98 Å². The van der Waals surface area contributed by atoms with E-state index < -0.39 is 0 Å². The van der Waals surface area contributed by atoms with Crippen LogP contribution in [-0.4, -0.2) is 31.3 Å². The lowest BCUT2D eigenvalue weighted by atomic mass is 10.1. The van der Waals surface area contributed by atoms with Gasteiger partial charge in [-0.1, -0.05) is 0 Å². The number of hydrogen-bond donors (Lipinski definition) is 0. The van der Waals surface area contributed by atoms with Crippen molar-refractivity contribution in [3.8, 4) is 6.07 Å². The Morgan fingerprint density at radius 1 is 1.53 bits per heavy atom. The maximum Gasteiger partial charge on any atom is 0.146 e. The number of anilines is 1. The van der Waals surface area contributed by atoms with E-state index in [0.717, 1.165) is 37.4 Å². The van der Waals surface area contributed by atoms with Gasteiger partial charge in [0.05, 0.1) is 11.7 Å². The van der Waals surface area contributed by atoms with E-state index in [9.17, 15) is 0 Å². The van der Waals surface area contributed by atoms with Crippen LogP contribution in [0.3, 0.4) is 0 Å². The molecule has 0 bridgehead atoms. The minimum absolute atomic E-state index is 0.248. The largest absolute Gasteiger partial charge is 0.380 e. The molecule has 1 aromatic rings. The Balaban J connectivity index is 2.27. The molecular weight excluding hydrogens is 214 g/mol. The number of aromatic nitrogens is 1. The Labute approximate surface area is 102 Å². The molecule has 0 spiro atoms. The van der Waals surface area contributed by atoms with E-state index in [0.29, 0.717) is 5.56 Å². The Morgan fingerprint density at radius 3 is 3.06 bits per heavy atom. The quantitative estimate of drug-likeness (QED) is 0.779. The Kier molecular flexibility index (Phi) is 3.60. The van der Waals surface area contributed by atoms with E-state index in [1.807, 2.05) is 19.1 Å². The van der Waals surface area contributed by atoms with Crippen molar-refractivity contribution in [3.63, 3.8) is 0 Å². The molecule has 4 nitrogen and oxygen atoms in total. The highest BCUT2D eigenvalue weighted by molar-refractivity contribution is 5.54. The third-order valence-corrected chi connectivity index (χ3v) is 3.15. The van der Waals surface area contributed by atoms with E-state index in [2.05, 4.69) is 16.0 Å². The molecular formula is C13H17N3O. The van der Waals surface area contributed by atoms with Crippen LogP contribution in [0.15, 0.2) is 12.1 Å². The van der Waals surface area contributed by atoms with Crippen LogP contribution >= 0.6 is 0 Å². The smallest absolute Gasteiger partial charge is 0.146 e. The molecule has 1 aromatic heterocycles. The van der Waals surface area contributed by atoms with Crippen LogP contribution in [-0.2, 0) is 4.74 Å². The van der Waals surface area contributed by atoms with Gasteiger partial charge in [0.1, 0.15) is 11.9 Å². The predicted octanol–water partition coefficient (Wildman–Crippen LogP) is 1.88. The van der Waals surface area contributed by atoms with Crippen molar-refractivity contribution in [2.45, 2.75) is 25.9 Å². The molecule has 1 fully saturated rings. The second kappa shape index (κ2) is 5.15. The Hall–Kier alpha value is -1.60. The van der Waals surface area contributed by atoms with Crippen LogP contribution in [0.2, 0.25) is 0 Å². The molecule has 2 heterocycles. The first-order valence-corrected chi connectivity index (χ1v) is 5.90. The normalized spacial score (nSPS) is 20.1. The standard InChI is InChI=1S/C13H17N3O/c1-10-5-6-11(8-14)13(15-10)16-7-3-4-12(9-16)17-2/h5-6,12H,3-4,7,9H2,1-2H3. The first kappa shape index (κ1) is 11.9. The van der Waals surface area contributed by atoms with Crippen molar-refractivity contribution >= 4 is 5.82 Å². The highest BCUT2D eigenvalue weighted by Crippen LogP contribution is 2.22. The van der Waals surface area contributed by atoms with Crippen LogP contribution in [0.4, 0.5) is 5.82 Å². The van der Waals surface area contributed by atoms with E-state index in [1.54, 1.807) is 7.11 Å². The monoisotopic (exact) mass is 231 g/mol. The van der Waals surface area contributed by atoms with Gasteiger partial charge in [0.15, 0.2) is 0 Å². The fourth-order valence-electron chi connectivity index (χ4n) is 2.19. The molecule has 2 rings (SSSR count). The Morgan fingerprint density at radius 2 is 2.35 bits per heavy atom. The number of piperidine rings is 1. The van der Waals surface area contributed by atoms with Gasteiger partial charge in [-0.15, -0.1) is 0 Å². The molecule has 1 saturated heterocycles. The number of pyridine rings is 1. The van der Waals surface area contributed by atoms with Gasteiger partial charge in [0.2, 0.25) is 0 Å². The summed E-state index contributed by atoms with van der Waals surface area (Å²) >= 11 is 0. The highest BCUT2D eigenvalue weighted by atomic mass is 16.5. The van der Waals surface area contributed by atoms with Gasteiger partial charge < -0.3 is 9.64 Å². The molecule has 17 heavy (non-hydrogen) atoms. The molecule has 90 valence electrons. The van der Waals surface area contributed by atoms with Crippen LogP contribution in [0, 0.1) is 18.3 Å². The molecule has 0 N–H and O–H groups in total. The summed E-state index contributed by atoms with van der Waals surface area (Å²) in [6.45, 7) is 3.72. The van der Waals surface area contributed by atoms with Crippen molar-refractivity contribution < 1.29 is 4.74 Å². The fraction of sp³-hybridized carbons (Fsp3) is 0.538. The maximum atomic E-state index is 9.12. The minimum Gasteiger partial charge on any atom is -0.380 e.